The number of rotatable bonds is 3. The summed E-state index contributed by atoms with van der Waals surface area (Å²) in [5.74, 6) is 0.493. The Kier molecular flexibility index (Phi) is 3.72. The van der Waals surface area contributed by atoms with E-state index >= 15 is 0 Å². The van der Waals surface area contributed by atoms with Crippen molar-refractivity contribution in [1.82, 2.24) is 4.98 Å². The highest BCUT2D eigenvalue weighted by molar-refractivity contribution is 9.10. The molecule has 1 rings (SSSR count). The molecule has 0 aliphatic rings. The zero-order valence-corrected chi connectivity index (χ0v) is 11.1. The minimum atomic E-state index is -3.30. The van der Waals surface area contributed by atoms with Crippen LogP contribution in [-0.2, 0) is 9.84 Å². The molecule has 84 valence electrons. The van der Waals surface area contributed by atoms with E-state index in [1.165, 1.54) is 6.07 Å². The van der Waals surface area contributed by atoms with Crippen LogP contribution in [0.1, 0.15) is 13.8 Å². The van der Waals surface area contributed by atoms with Crippen molar-refractivity contribution in [3.05, 3.63) is 16.7 Å². The lowest BCUT2D eigenvalue weighted by Crippen LogP contribution is -2.07. The zero-order chi connectivity index (χ0) is 11.6. The molecule has 0 saturated carbocycles. The number of halogens is 1. The minimum Gasteiger partial charge on any atom is -0.491 e. The fourth-order valence-electron chi connectivity index (χ4n) is 0.981. The highest BCUT2D eigenvalue weighted by Crippen LogP contribution is 2.21. The van der Waals surface area contributed by atoms with Gasteiger partial charge in [-0.25, -0.2) is 13.4 Å². The summed E-state index contributed by atoms with van der Waals surface area (Å²) < 4.78 is 28.4. The molecule has 0 aliphatic heterocycles. The first kappa shape index (κ1) is 12.4. The fraction of sp³-hybridized carbons (Fsp3) is 0.444. The van der Waals surface area contributed by atoms with Gasteiger partial charge in [0.15, 0.2) is 14.9 Å². The second kappa shape index (κ2) is 4.49. The van der Waals surface area contributed by atoms with E-state index < -0.39 is 9.84 Å². The first-order valence-electron chi connectivity index (χ1n) is 4.33. The van der Waals surface area contributed by atoms with Crippen LogP contribution in [0.15, 0.2) is 21.8 Å². The molecule has 0 saturated heterocycles. The lowest BCUT2D eigenvalue weighted by molar-refractivity contribution is 0.241. The van der Waals surface area contributed by atoms with E-state index in [1.807, 2.05) is 13.8 Å². The molecule has 1 aromatic rings. The normalized spacial score (nSPS) is 11.8. The van der Waals surface area contributed by atoms with Gasteiger partial charge in [-0.05, 0) is 29.8 Å². The molecule has 15 heavy (non-hydrogen) atoms. The number of ether oxygens (including phenoxy) is 1. The van der Waals surface area contributed by atoms with Crippen LogP contribution in [0.2, 0.25) is 0 Å². The Hall–Kier alpha value is -0.620. The minimum absolute atomic E-state index is 0.00697. The average Bonchev–Trinajstić information content (AvgIpc) is 1.99. The predicted molar refractivity (Wildman–Crippen MR) is 60.8 cm³/mol. The Morgan fingerprint density at radius 1 is 1.40 bits per heavy atom. The van der Waals surface area contributed by atoms with Crippen molar-refractivity contribution in [3.63, 3.8) is 0 Å². The van der Waals surface area contributed by atoms with Crippen LogP contribution in [0, 0.1) is 0 Å². The Labute approximate surface area is 97.7 Å². The number of sulfone groups is 1. The van der Waals surface area contributed by atoms with Crippen LogP contribution in [0.4, 0.5) is 0 Å². The van der Waals surface area contributed by atoms with Gasteiger partial charge < -0.3 is 4.74 Å². The van der Waals surface area contributed by atoms with Crippen LogP contribution in [0.3, 0.4) is 0 Å². The highest BCUT2D eigenvalue weighted by atomic mass is 79.9. The number of pyridine rings is 1. The van der Waals surface area contributed by atoms with Gasteiger partial charge in [-0.1, -0.05) is 0 Å². The van der Waals surface area contributed by atoms with Gasteiger partial charge in [-0.2, -0.15) is 0 Å². The molecule has 0 N–H and O–H groups in total. The number of nitrogens with zero attached hydrogens (tertiary/aromatic N) is 1. The predicted octanol–water partition coefficient (Wildman–Crippen LogP) is 2.03. The van der Waals surface area contributed by atoms with Crippen LogP contribution in [0.25, 0.3) is 0 Å². The zero-order valence-electron chi connectivity index (χ0n) is 8.69. The van der Waals surface area contributed by atoms with Crippen molar-refractivity contribution in [3.8, 4) is 5.75 Å². The summed E-state index contributed by atoms with van der Waals surface area (Å²) >= 11 is 3.14. The largest absolute Gasteiger partial charge is 0.491 e. The van der Waals surface area contributed by atoms with Gasteiger partial charge in [0, 0.05) is 18.4 Å². The summed E-state index contributed by atoms with van der Waals surface area (Å²) in [4.78, 5) is 3.86. The first-order valence-corrected chi connectivity index (χ1v) is 7.02. The molecule has 6 heteroatoms. The molecule has 1 aromatic heterocycles. The molecule has 0 bridgehead atoms. The van der Waals surface area contributed by atoms with Crippen LogP contribution >= 0.6 is 15.9 Å². The molecule has 0 radical (unpaired) electrons. The van der Waals surface area contributed by atoms with Gasteiger partial charge in [0.1, 0.15) is 10.4 Å². The van der Waals surface area contributed by atoms with Crippen molar-refractivity contribution in [2.75, 3.05) is 6.26 Å². The third kappa shape index (κ3) is 3.79. The molecule has 0 spiro atoms. The van der Waals surface area contributed by atoms with Crippen LogP contribution in [0.5, 0.6) is 5.75 Å². The molecule has 0 atom stereocenters. The van der Waals surface area contributed by atoms with E-state index in [0.29, 0.717) is 10.4 Å². The smallest absolute Gasteiger partial charge is 0.192 e. The Balaban J connectivity index is 3.17. The summed E-state index contributed by atoms with van der Waals surface area (Å²) in [6, 6.07) is 3.05. The summed E-state index contributed by atoms with van der Waals surface area (Å²) in [5, 5.41) is 0.00697. The number of hydrogen-bond acceptors (Lipinski definition) is 4. The van der Waals surface area contributed by atoms with E-state index in [1.54, 1.807) is 6.07 Å². The van der Waals surface area contributed by atoms with Gasteiger partial charge in [0.25, 0.3) is 0 Å². The standard InChI is InChI=1S/C9H12BrNO3S/c1-6(2)14-7-4-8(10)11-9(5-7)15(3,12)13/h4-6H,1-3H3. The van der Waals surface area contributed by atoms with Crippen molar-refractivity contribution in [1.29, 1.82) is 0 Å². The van der Waals surface area contributed by atoms with Crippen LogP contribution in [-0.4, -0.2) is 25.8 Å². The Morgan fingerprint density at radius 3 is 2.47 bits per heavy atom. The molecule has 0 unspecified atom stereocenters. The lowest BCUT2D eigenvalue weighted by atomic mass is 10.4. The van der Waals surface area contributed by atoms with Crippen molar-refractivity contribution in [2.24, 2.45) is 0 Å². The van der Waals surface area contributed by atoms with Gasteiger partial charge in [-0.3, -0.25) is 0 Å². The van der Waals surface area contributed by atoms with Gasteiger partial charge >= 0.3 is 0 Å². The first-order chi connectivity index (χ1) is 6.79. The van der Waals surface area contributed by atoms with Gasteiger partial charge in [0.05, 0.1) is 6.10 Å². The van der Waals surface area contributed by atoms with Crippen molar-refractivity contribution in [2.45, 2.75) is 25.0 Å². The maximum atomic E-state index is 11.3. The maximum Gasteiger partial charge on any atom is 0.192 e. The third-order valence-electron chi connectivity index (χ3n) is 1.50. The molecule has 4 nitrogen and oxygen atoms in total. The second-order valence-electron chi connectivity index (χ2n) is 3.40. The number of aromatic nitrogens is 1. The van der Waals surface area contributed by atoms with E-state index in [2.05, 4.69) is 20.9 Å². The summed E-state index contributed by atoms with van der Waals surface area (Å²) in [6.45, 7) is 3.74. The molecule has 0 aliphatic carbocycles. The molecular formula is C9H12BrNO3S. The van der Waals surface area contributed by atoms with Crippen molar-refractivity contribution < 1.29 is 13.2 Å². The fourth-order valence-corrected chi connectivity index (χ4v) is 2.11. The van der Waals surface area contributed by atoms with Crippen LogP contribution < -0.4 is 4.74 Å². The average molecular weight is 294 g/mol. The summed E-state index contributed by atoms with van der Waals surface area (Å²) in [6.07, 6.45) is 1.10. The monoisotopic (exact) mass is 293 g/mol. The topological polar surface area (TPSA) is 56.3 Å². The molecule has 0 amide bonds. The second-order valence-corrected chi connectivity index (χ2v) is 6.18. The molecule has 0 aromatic carbocycles. The Bertz CT molecular complexity index is 456. The summed E-state index contributed by atoms with van der Waals surface area (Å²) in [7, 11) is -3.30. The van der Waals surface area contributed by atoms with Gasteiger partial charge in [-0.15, -0.1) is 0 Å². The maximum absolute atomic E-state index is 11.3. The lowest BCUT2D eigenvalue weighted by Gasteiger charge is -2.10. The highest BCUT2D eigenvalue weighted by Gasteiger charge is 2.12. The van der Waals surface area contributed by atoms with Crippen molar-refractivity contribution >= 4 is 25.8 Å². The van der Waals surface area contributed by atoms with E-state index in [0.717, 1.165) is 6.26 Å². The van der Waals surface area contributed by atoms with E-state index in [9.17, 15) is 8.42 Å². The quantitative estimate of drug-likeness (QED) is 0.800. The van der Waals surface area contributed by atoms with E-state index in [-0.39, 0.29) is 11.1 Å². The van der Waals surface area contributed by atoms with E-state index in [4.69, 9.17) is 4.74 Å². The molecular weight excluding hydrogens is 282 g/mol. The third-order valence-corrected chi connectivity index (χ3v) is 2.87. The van der Waals surface area contributed by atoms with Gasteiger partial charge in [0.2, 0.25) is 0 Å². The number of hydrogen-bond donors (Lipinski definition) is 0. The Morgan fingerprint density at radius 2 is 2.00 bits per heavy atom. The molecule has 1 heterocycles. The SMILES string of the molecule is CC(C)Oc1cc(Br)nc(S(C)(=O)=O)c1. The molecule has 0 fully saturated rings. The summed E-state index contributed by atoms with van der Waals surface area (Å²) in [5.41, 5.74) is 0.